The SMILES string of the molecule is Cc1cc2ccccc2c(Oc2ccc(C=O)cc2)c1-c1ccccc1. The number of ether oxygens (including phenoxy) is 1. The van der Waals surface area contributed by atoms with E-state index in [-0.39, 0.29) is 0 Å². The highest BCUT2D eigenvalue weighted by Gasteiger charge is 2.15. The molecule has 0 heterocycles. The number of rotatable bonds is 4. The summed E-state index contributed by atoms with van der Waals surface area (Å²) >= 11 is 0. The van der Waals surface area contributed by atoms with E-state index in [2.05, 4.69) is 37.3 Å². The van der Waals surface area contributed by atoms with Gasteiger partial charge in [0, 0.05) is 16.5 Å². The number of fused-ring (bicyclic) bond motifs is 1. The molecule has 0 amide bonds. The van der Waals surface area contributed by atoms with Crippen molar-refractivity contribution in [1.82, 2.24) is 0 Å². The third kappa shape index (κ3) is 2.98. The maximum Gasteiger partial charge on any atom is 0.150 e. The van der Waals surface area contributed by atoms with Gasteiger partial charge in [-0.05, 0) is 47.7 Å². The molecular formula is C24H18O2. The summed E-state index contributed by atoms with van der Waals surface area (Å²) in [5.74, 6) is 1.55. The number of carbonyl (C=O) groups is 1. The summed E-state index contributed by atoms with van der Waals surface area (Å²) in [6, 6.07) is 27.9. The van der Waals surface area contributed by atoms with Crippen LogP contribution in [0.2, 0.25) is 0 Å². The van der Waals surface area contributed by atoms with Crippen LogP contribution in [0, 0.1) is 6.92 Å². The molecule has 0 radical (unpaired) electrons. The van der Waals surface area contributed by atoms with E-state index >= 15 is 0 Å². The molecule has 0 saturated heterocycles. The second-order valence-corrected chi connectivity index (χ2v) is 6.27. The van der Waals surface area contributed by atoms with Crippen molar-refractivity contribution in [2.75, 3.05) is 0 Å². The monoisotopic (exact) mass is 338 g/mol. The Kier molecular flexibility index (Phi) is 4.24. The molecule has 0 spiro atoms. The number of benzene rings is 4. The zero-order chi connectivity index (χ0) is 17.9. The fourth-order valence-corrected chi connectivity index (χ4v) is 3.25. The van der Waals surface area contributed by atoms with Crippen LogP contribution in [0.4, 0.5) is 0 Å². The zero-order valence-corrected chi connectivity index (χ0v) is 14.5. The minimum Gasteiger partial charge on any atom is -0.456 e. The number of carbonyl (C=O) groups excluding carboxylic acids is 1. The van der Waals surface area contributed by atoms with Gasteiger partial charge in [-0.25, -0.2) is 0 Å². The summed E-state index contributed by atoms with van der Waals surface area (Å²) in [4.78, 5) is 10.9. The van der Waals surface area contributed by atoms with E-state index in [0.717, 1.165) is 39.5 Å². The van der Waals surface area contributed by atoms with Crippen LogP contribution in [-0.4, -0.2) is 6.29 Å². The van der Waals surface area contributed by atoms with Crippen LogP contribution in [0.3, 0.4) is 0 Å². The fraction of sp³-hybridized carbons (Fsp3) is 0.0417. The van der Waals surface area contributed by atoms with Gasteiger partial charge in [-0.3, -0.25) is 4.79 Å². The summed E-state index contributed by atoms with van der Waals surface area (Å²) in [5.41, 5.74) is 4.00. The van der Waals surface area contributed by atoms with Crippen LogP contribution in [0.25, 0.3) is 21.9 Å². The molecule has 0 aliphatic rings. The Morgan fingerprint density at radius 2 is 1.50 bits per heavy atom. The molecule has 4 aromatic carbocycles. The van der Waals surface area contributed by atoms with Crippen molar-refractivity contribution in [1.29, 1.82) is 0 Å². The summed E-state index contributed by atoms with van der Waals surface area (Å²) in [6.45, 7) is 2.11. The van der Waals surface area contributed by atoms with Gasteiger partial charge in [-0.1, -0.05) is 60.7 Å². The van der Waals surface area contributed by atoms with Crippen LogP contribution >= 0.6 is 0 Å². The van der Waals surface area contributed by atoms with E-state index in [9.17, 15) is 4.79 Å². The smallest absolute Gasteiger partial charge is 0.150 e. The van der Waals surface area contributed by atoms with Gasteiger partial charge in [-0.2, -0.15) is 0 Å². The second kappa shape index (κ2) is 6.85. The highest BCUT2D eigenvalue weighted by Crippen LogP contribution is 2.41. The summed E-state index contributed by atoms with van der Waals surface area (Å²) in [7, 11) is 0. The lowest BCUT2D eigenvalue weighted by Gasteiger charge is -2.17. The van der Waals surface area contributed by atoms with Crippen molar-refractivity contribution in [2.45, 2.75) is 6.92 Å². The van der Waals surface area contributed by atoms with Crippen molar-refractivity contribution in [3.05, 3.63) is 96.1 Å². The third-order valence-electron chi connectivity index (χ3n) is 4.50. The van der Waals surface area contributed by atoms with Gasteiger partial charge in [0.2, 0.25) is 0 Å². The molecule has 0 atom stereocenters. The first-order valence-electron chi connectivity index (χ1n) is 8.57. The van der Waals surface area contributed by atoms with Crippen molar-refractivity contribution in [3.63, 3.8) is 0 Å². The first-order chi connectivity index (χ1) is 12.8. The lowest BCUT2D eigenvalue weighted by atomic mass is 9.95. The molecule has 0 aliphatic carbocycles. The maximum atomic E-state index is 10.9. The number of aldehydes is 1. The van der Waals surface area contributed by atoms with Gasteiger partial charge >= 0.3 is 0 Å². The molecule has 4 aromatic rings. The molecule has 0 saturated carbocycles. The number of hydrogen-bond acceptors (Lipinski definition) is 2. The Balaban J connectivity index is 1.93. The first kappa shape index (κ1) is 16.1. The maximum absolute atomic E-state index is 10.9. The van der Waals surface area contributed by atoms with E-state index in [0.29, 0.717) is 11.3 Å². The lowest BCUT2D eigenvalue weighted by Crippen LogP contribution is -1.94. The molecule has 26 heavy (non-hydrogen) atoms. The highest BCUT2D eigenvalue weighted by atomic mass is 16.5. The minimum atomic E-state index is 0.634. The van der Waals surface area contributed by atoms with Gasteiger partial charge in [0.05, 0.1) is 0 Å². The molecule has 0 bridgehead atoms. The minimum absolute atomic E-state index is 0.634. The zero-order valence-electron chi connectivity index (χ0n) is 14.5. The quantitative estimate of drug-likeness (QED) is 0.401. The second-order valence-electron chi connectivity index (χ2n) is 6.27. The first-order valence-corrected chi connectivity index (χ1v) is 8.57. The molecule has 0 unspecified atom stereocenters. The molecular weight excluding hydrogens is 320 g/mol. The Hall–Kier alpha value is -3.39. The average Bonchev–Trinajstić information content (AvgIpc) is 2.69. The van der Waals surface area contributed by atoms with Gasteiger partial charge < -0.3 is 4.74 Å². The Bertz CT molecular complexity index is 1060. The topological polar surface area (TPSA) is 26.3 Å². The van der Waals surface area contributed by atoms with Gasteiger partial charge in [0.15, 0.2) is 0 Å². The van der Waals surface area contributed by atoms with Gasteiger partial charge in [0.25, 0.3) is 0 Å². The lowest BCUT2D eigenvalue weighted by molar-refractivity contribution is 0.112. The van der Waals surface area contributed by atoms with Crippen molar-refractivity contribution in [2.24, 2.45) is 0 Å². The molecule has 0 fully saturated rings. The third-order valence-corrected chi connectivity index (χ3v) is 4.50. The number of aryl methyl sites for hydroxylation is 1. The largest absolute Gasteiger partial charge is 0.456 e. The molecule has 0 N–H and O–H groups in total. The van der Waals surface area contributed by atoms with E-state index in [4.69, 9.17) is 4.74 Å². The highest BCUT2D eigenvalue weighted by molar-refractivity contribution is 5.97. The van der Waals surface area contributed by atoms with Crippen LogP contribution in [0.5, 0.6) is 11.5 Å². The summed E-state index contributed by atoms with van der Waals surface area (Å²) < 4.78 is 6.34. The molecule has 2 heteroatoms. The van der Waals surface area contributed by atoms with E-state index in [1.807, 2.05) is 42.5 Å². The van der Waals surface area contributed by atoms with E-state index < -0.39 is 0 Å². The van der Waals surface area contributed by atoms with Crippen LogP contribution in [-0.2, 0) is 0 Å². The standard InChI is InChI=1S/C24H18O2/c1-17-15-20-9-5-6-10-22(20)24(23(17)19-7-3-2-4-8-19)26-21-13-11-18(16-25)12-14-21/h2-16H,1H3. The average molecular weight is 338 g/mol. The Morgan fingerprint density at radius 3 is 2.23 bits per heavy atom. The number of hydrogen-bond donors (Lipinski definition) is 0. The van der Waals surface area contributed by atoms with Crippen LogP contribution in [0.15, 0.2) is 84.9 Å². The van der Waals surface area contributed by atoms with E-state index in [1.165, 1.54) is 0 Å². The van der Waals surface area contributed by atoms with Crippen LogP contribution in [0.1, 0.15) is 15.9 Å². The van der Waals surface area contributed by atoms with Gasteiger partial charge in [0.1, 0.15) is 17.8 Å². The predicted molar refractivity (Wildman–Crippen MR) is 106 cm³/mol. The van der Waals surface area contributed by atoms with Crippen molar-refractivity contribution >= 4 is 17.1 Å². The van der Waals surface area contributed by atoms with Crippen molar-refractivity contribution in [3.8, 4) is 22.6 Å². The summed E-state index contributed by atoms with van der Waals surface area (Å²) in [6.07, 6.45) is 0.835. The Labute approximate surface area is 152 Å². The fourth-order valence-electron chi connectivity index (χ4n) is 3.25. The van der Waals surface area contributed by atoms with Gasteiger partial charge in [-0.15, -0.1) is 0 Å². The van der Waals surface area contributed by atoms with Crippen molar-refractivity contribution < 1.29 is 9.53 Å². The van der Waals surface area contributed by atoms with Crippen LogP contribution < -0.4 is 4.74 Å². The van der Waals surface area contributed by atoms with E-state index in [1.54, 1.807) is 12.1 Å². The Morgan fingerprint density at radius 1 is 0.808 bits per heavy atom. The molecule has 0 aromatic heterocycles. The normalized spacial score (nSPS) is 10.7. The molecule has 126 valence electrons. The predicted octanol–water partition coefficient (Wildman–Crippen LogP) is 6.42. The molecule has 2 nitrogen and oxygen atoms in total. The molecule has 4 rings (SSSR count). The molecule has 0 aliphatic heterocycles. The summed E-state index contributed by atoms with van der Waals surface area (Å²) in [5, 5.41) is 2.21.